The van der Waals surface area contributed by atoms with Crippen LogP contribution in [0.15, 0.2) is 90.1 Å². The molecule has 2 aliphatic carbocycles. The summed E-state index contributed by atoms with van der Waals surface area (Å²) in [6.45, 7) is 6.80. The van der Waals surface area contributed by atoms with E-state index in [-0.39, 0.29) is 49.4 Å². The minimum absolute atomic E-state index is 0.0657. The average molecular weight is 823 g/mol. The highest BCUT2D eigenvalue weighted by molar-refractivity contribution is 6.03. The van der Waals surface area contributed by atoms with Gasteiger partial charge in [-0.25, -0.2) is 0 Å². The van der Waals surface area contributed by atoms with Crippen LogP contribution in [-0.4, -0.2) is 72.5 Å². The Hall–Kier alpha value is -4.18. The number of carbonyl (C=O) groups is 1. The number of allylic oxidation sites excluding steroid dienone is 1. The number of unbranched alkanes of at least 4 members (excludes halogenated alkanes) is 10. The van der Waals surface area contributed by atoms with Crippen LogP contribution in [0.4, 0.5) is 0 Å². The molecule has 6 rings (SSSR count). The number of aliphatic hydroxyl groups is 2. The smallest absolute Gasteiger partial charge is 0.239 e. The molecule has 1 saturated carbocycles. The topological polar surface area (TPSA) is 110 Å². The lowest BCUT2D eigenvalue weighted by Crippen LogP contribution is -2.69. The Kier molecular flexibility index (Phi) is 17.1. The Morgan fingerprint density at radius 3 is 2.28 bits per heavy atom. The van der Waals surface area contributed by atoms with Gasteiger partial charge < -0.3 is 34.2 Å². The van der Waals surface area contributed by atoms with Crippen LogP contribution in [0.5, 0.6) is 17.2 Å². The van der Waals surface area contributed by atoms with E-state index in [1.807, 2.05) is 42.3 Å². The Labute approximate surface area is 358 Å². The number of likely N-dealkylation sites (N-methyl/N-ethyl adjacent to an activating group) is 1. The molecule has 3 aromatic rings. The Morgan fingerprint density at radius 2 is 1.57 bits per heavy atom. The maximum absolute atomic E-state index is 14.3. The fraction of sp³-hybridized carbons (Fsp3) is 0.569. The van der Waals surface area contributed by atoms with Gasteiger partial charge in [0.15, 0.2) is 0 Å². The van der Waals surface area contributed by atoms with Crippen LogP contribution >= 0.6 is 0 Å². The minimum Gasteiger partial charge on any atom is -0.459 e. The zero-order valence-corrected chi connectivity index (χ0v) is 36.5. The number of amides is 1. The van der Waals surface area contributed by atoms with Gasteiger partial charge in [-0.1, -0.05) is 119 Å². The number of ether oxygens (including phenoxy) is 3. The summed E-state index contributed by atoms with van der Waals surface area (Å²) in [5.74, 6) is 0.830. The molecule has 1 amide bonds. The number of fused-ring (bicyclic) bond motifs is 3. The summed E-state index contributed by atoms with van der Waals surface area (Å²) < 4.78 is 21.0. The van der Waals surface area contributed by atoms with Crippen molar-refractivity contribution in [3.63, 3.8) is 0 Å². The minimum atomic E-state index is -1.25. The molecule has 1 fully saturated rings. The maximum Gasteiger partial charge on any atom is 0.239 e. The summed E-state index contributed by atoms with van der Waals surface area (Å²) in [5, 5.41) is 26.7. The molecular formula is C51H70N2O7. The lowest BCUT2D eigenvalue weighted by Gasteiger charge is -2.59. The van der Waals surface area contributed by atoms with Crippen LogP contribution in [-0.2, 0) is 14.4 Å². The molecular weight excluding hydrogens is 753 g/mol. The monoisotopic (exact) mass is 823 g/mol. The molecule has 1 heterocycles. The van der Waals surface area contributed by atoms with Crippen molar-refractivity contribution in [2.75, 3.05) is 34.0 Å². The van der Waals surface area contributed by atoms with Gasteiger partial charge in [0.25, 0.3) is 0 Å². The summed E-state index contributed by atoms with van der Waals surface area (Å²) in [5.41, 5.74) is 2.86. The van der Waals surface area contributed by atoms with Gasteiger partial charge in [0.1, 0.15) is 30.4 Å². The van der Waals surface area contributed by atoms with E-state index < -0.39 is 11.8 Å². The van der Waals surface area contributed by atoms with E-state index in [1.165, 1.54) is 38.5 Å². The van der Waals surface area contributed by atoms with E-state index in [4.69, 9.17) is 19.0 Å². The molecule has 6 atom stereocenters. The molecule has 2 N–H and O–H groups in total. The van der Waals surface area contributed by atoms with Crippen LogP contribution in [0.25, 0.3) is 10.8 Å². The predicted molar refractivity (Wildman–Crippen MR) is 241 cm³/mol. The zero-order valence-electron chi connectivity index (χ0n) is 36.5. The standard InChI is InChI=1S/C51H70N2O7/c1-5-7-8-9-10-11-12-13-14-25-48(56)53(3)47-36-45(52-57-4)43-34-39(23-17-19-30-54)42(24-18-20-31-55)49-44-35-41(59-40-27-26-37-21-15-16-22-38(37)33-40)28-29-46(44)60-51(47,50(43)49)58-32-6-2/h6,15-16,21-22,26-29,33-35,39,42,47,49-50,54-55H,2,5,7-14,17-20,23-25,30-32,36H2,1,3-4H3. The van der Waals surface area contributed by atoms with Gasteiger partial charge in [-0.3, -0.25) is 4.79 Å². The van der Waals surface area contributed by atoms with Crippen molar-refractivity contribution in [3.05, 3.63) is 90.5 Å². The molecule has 0 radical (unpaired) electrons. The third-order valence-corrected chi connectivity index (χ3v) is 13.2. The molecule has 326 valence electrons. The summed E-state index contributed by atoms with van der Waals surface area (Å²) in [6.07, 6.45) is 20.6. The van der Waals surface area contributed by atoms with Crippen molar-refractivity contribution in [1.29, 1.82) is 0 Å². The average Bonchev–Trinajstić information content (AvgIpc) is 3.26. The second kappa shape index (κ2) is 22.6. The molecule has 9 nitrogen and oxygen atoms in total. The highest BCUT2D eigenvalue weighted by Gasteiger charge is 2.65. The third-order valence-electron chi connectivity index (χ3n) is 13.2. The first-order chi connectivity index (χ1) is 29.4. The number of benzene rings is 3. The molecule has 0 spiro atoms. The van der Waals surface area contributed by atoms with E-state index in [1.54, 1.807) is 13.2 Å². The molecule has 1 aliphatic heterocycles. The highest BCUT2D eigenvalue weighted by atomic mass is 16.7. The van der Waals surface area contributed by atoms with Crippen LogP contribution in [0.2, 0.25) is 0 Å². The van der Waals surface area contributed by atoms with E-state index in [2.05, 4.69) is 55.1 Å². The van der Waals surface area contributed by atoms with Crippen LogP contribution < -0.4 is 9.47 Å². The van der Waals surface area contributed by atoms with Crippen molar-refractivity contribution >= 4 is 22.4 Å². The molecule has 0 bridgehead atoms. The largest absolute Gasteiger partial charge is 0.459 e. The van der Waals surface area contributed by atoms with Crippen molar-refractivity contribution in [3.8, 4) is 17.2 Å². The van der Waals surface area contributed by atoms with Crippen molar-refractivity contribution in [2.45, 2.75) is 134 Å². The van der Waals surface area contributed by atoms with Gasteiger partial charge in [-0.2, -0.15) is 0 Å². The Morgan fingerprint density at radius 1 is 0.883 bits per heavy atom. The lowest BCUT2D eigenvalue weighted by molar-refractivity contribution is -0.255. The highest BCUT2D eigenvalue weighted by Crippen LogP contribution is 2.62. The fourth-order valence-corrected chi connectivity index (χ4v) is 10.2. The lowest BCUT2D eigenvalue weighted by atomic mass is 9.55. The first-order valence-corrected chi connectivity index (χ1v) is 22.9. The van der Waals surface area contributed by atoms with E-state index >= 15 is 0 Å². The second-order valence-electron chi connectivity index (χ2n) is 17.1. The fourth-order valence-electron chi connectivity index (χ4n) is 10.2. The van der Waals surface area contributed by atoms with Crippen LogP contribution in [0, 0.1) is 17.8 Å². The van der Waals surface area contributed by atoms with Gasteiger partial charge in [-0.15, -0.1) is 6.58 Å². The third kappa shape index (κ3) is 10.6. The van der Waals surface area contributed by atoms with E-state index in [0.717, 1.165) is 84.7 Å². The van der Waals surface area contributed by atoms with Gasteiger partial charge >= 0.3 is 0 Å². The number of nitrogens with zero attached hydrogens (tertiary/aromatic N) is 2. The summed E-state index contributed by atoms with van der Waals surface area (Å²) in [4.78, 5) is 21.7. The molecule has 60 heavy (non-hydrogen) atoms. The van der Waals surface area contributed by atoms with E-state index in [9.17, 15) is 15.0 Å². The Bertz CT molecular complexity index is 1910. The van der Waals surface area contributed by atoms with E-state index in [0.29, 0.717) is 30.8 Å². The van der Waals surface area contributed by atoms with Crippen molar-refractivity contribution < 1.29 is 34.1 Å². The zero-order chi connectivity index (χ0) is 42.3. The molecule has 3 aliphatic rings. The predicted octanol–water partition coefficient (Wildman–Crippen LogP) is 11.3. The first-order valence-electron chi connectivity index (χ1n) is 22.9. The molecule has 0 saturated heterocycles. The van der Waals surface area contributed by atoms with Crippen LogP contribution in [0.1, 0.15) is 128 Å². The SMILES string of the molecule is C=CCOC12Oc3ccc(Oc4ccc5ccccc5c4)cc3C3C(CCCCO)C(CCCCO)C=C(C(=NOC)CC1N(C)C(=O)CCCCCCCCCCC)C32. The second-order valence-corrected chi connectivity index (χ2v) is 17.1. The summed E-state index contributed by atoms with van der Waals surface area (Å²) in [7, 11) is 3.48. The number of aliphatic hydroxyl groups excluding tert-OH is 2. The van der Waals surface area contributed by atoms with Gasteiger partial charge in [0, 0.05) is 44.6 Å². The molecule has 6 unspecified atom stereocenters. The molecule has 3 aromatic carbocycles. The van der Waals surface area contributed by atoms with Crippen LogP contribution in [0.3, 0.4) is 0 Å². The first kappa shape index (κ1) is 45.3. The van der Waals surface area contributed by atoms with Gasteiger partial charge in [0.05, 0.1) is 18.2 Å². The number of hydrogen-bond donors (Lipinski definition) is 2. The quantitative estimate of drug-likeness (QED) is 0.0497. The van der Waals surface area contributed by atoms with Crippen molar-refractivity contribution in [1.82, 2.24) is 4.90 Å². The summed E-state index contributed by atoms with van der Waals surface area (Å²) in [6, 6.07) is 20.0. The number of rotatable bonds is 25. The number of carbonyl (C=O) groups excluding carboxylic acids is 1. The normalized spacial score (nSPS) is 23.6. The van der Waals surface area contributed by atoms with Gasteiger partial charge in [-0.05, 0) is 90.6 Å². The number of oxime groups is 1. The molecule has 9 heteroatoms. The maximum atomic E-state index is 14.3. The van der Waals surface area contributed by atoms with Crippen molar-refractivity contribution in [2.24, 2.45) is 22.9 Å². The molecule has 0 aromatic heterocycles. The summed E-state index contributed by atoms with van der Waals surface area (Å²) >= 11 is 0. The Balaban J connectivity index is 1.40. The number of hydrogen-bond acceptors (Lipinski definition) is 8. The van der Waals surface area contributed by atoms with Gasteiger partial charge in [0.2, 0.25) is 11.7 Å².